The van der Waals surface area contributed by atoms with Crippen molar-refractivity contribution in [3.63, 3.8) is 0 Å². The van der Waals surface area contributed by atoms with Gasteiger partial charge in [0.1, 0.15) is 5.69 Å². The predicted molar refractivity (Wildman–Crippen MR) is 79.2 cm³/mol. The van der Waals surface area contributed by atoms with Crippen molar-refractivity contribution in [1.82, 2.24) is 10.3 Å². The molecule has 1 saturated heterocycles. The number of carbonyl (C=O) groups is 2. The highest BCUT2D eigenvalue weighted by atomic mass is 16.5. The van der Waals surface area contributed by atoms with Crippen molar-refractivity contribution < 1.29 is 14.3 Å². The second kappa shape index (κ2) is 7.06. The third-order valence-corrected chi connectivity index (χ3v) is 3.61. The number of nitrogens with zero attached hydrogens (tertiary/aromatic N) is 2. The molecule has 1 aliphatic rings. The fraction of sp³-hybridized carbons (Fsp3) is 0.533. The molecule has 2 heterocycles. The summed E-state index contributed by atoms with van der Waals surface area (Å²) in [5.41, 5.74) is 1.30. The van der Waals surface area contributed by atoms with Crippen LogP contribution in [-0.4, -0.2) is 43.6 Å². The Hall–Kier alpha value is -2.11. The monoisotopic (exact) mass is 291 g/mol. The van der Waals surface area contributed by atoms with Gasteiger partial charge in [-0.1, -0.05) is 0 Å². The van der Waals surface area contributed by atoms with Gasteiger partial charge in [0.25, 0.3) is 5.91 Å². The smallest absolute Gasteiger partial charge is 0.310 e. The van der Waals surface area contributed by atoms with E-state index in [1.54, 1.807) is 19.3 Å². The van der Waals surface area contributed by atoms with Crippen LogP contribution in [0.15, 0.2) is 18.3 Å². The minimum atomic E-state index is -0.212. The number of rotatable bonds is 4. The van der Waals surface area contributed by atoms with Crippen molar-refractivity contribution in [1.29, 1.82) is 0 Å². The van der Waals surface area contributed by atoms with Crippen molar-refractivity contribution in [3.8, 4) is 0 Å². The SMILES string of the molecule is CCOC(=O)C1CCCN(c2ccnc(C(=O)NC)c2)C1. The van der Waals surface area contributed by atoms with Crippen LogP contribution in [0.3, 0.4) is 0 Å². The molecule has 1 amide bonds. The first-order valence-corrected chi connectivity index (χ1v) is 7.25. The first-order chi connectivity index (χ1) is 10.2. The van der Waals surface area contributed by atoms with Crippen LogP contribution >= 0.6 is 0 Å². The van der Waals surface area contributed by atoms with Crippen molar-refractivity contribution >= 4 is 17.6 Å². The van der Waals surface area contributed by atoms with Gasteiger partial charge in [-0.25, -0.2) is 0 Å². The molecule has 21 heavy (non-hydrogen) atoms. The van der Waals surface area contributed by atoms with E-state index in [2.05, 4.69) is 15.2 Å². The minimum absolute atomic E-state index is 0.102. The number of nitrogens with one attached hydrogen (secondary N) is 1. The van der Waals surface area contributed by atoms with Gasteiger partial charge in [-0.2, -0.15) is 0 Å². The zero-order valence-electron chi connectivity index (χ0n) is 12.5. The van der Waals surface area contributed by atoms with E-state index in [4.69, 9.17) is 4.74 Å². The Kier molecular flexibility index (Phi) is 5.14. The number of ether oxygens (including phenoxy) is 1. The molecule has 0 saturated carbocycles. The zero-order valence-corrected chi connectivity index (χ0v) is 12.5. The summed E-state index contributed by atoms with van der Waals surface area (Å²) >= 11 is 0. The summed E-state index contributed by atoms with van der Waals surface area (Å²) in [6.07, 6.45) is 3.40. The van der Waals surface area contributed by atoms with Gasteiger partial charge in [0, 0.05) is 32.0 Å². The molecule has 0 aliphatic carbocycles. The molecular formula is C15H21N3O3. The van der Waals surface area contributed by atoms with E-state index in [1.165, 1.54) is 0 Å². The molecule has 1 N–H and O–H groups in total. The van der Waals surface area contributed by atoms with E-state index in [-0.39, 0.29) is 17.8 Å². The summed E-state index contributed by atoms with van der Waals surface area (Å²) in [6.45, 7) is 3.71. The minimum Gasteiger partial charge on any atom is -0.466 e. The molecule has 0 spiro atoms. The molecule has 6 heteroatoms. The molecule has 1 atom stereocenters. The number of aromatic nitrogens is 1. The van der Waals surface area contributed by atoms with Gasteiger partial charge in [-0.15, -0.1) is 0 Å². The number of hydrogen-bond acceptors (Lipinski definition) is 5. The molecule has 1 fully saturated rings. The summed E-state index contributed by atoms with van der Waals surface area (Å²) in [5, 5.41) is 2.56. The Morgan fingerprint density at radius 3 is 3.05 bits per heavy atom. The van der Waals surface area contributed by atoms with Gasteiger partial charge >= 0.3 is 5.97 Å². The summed E-state index contributed by atoms with van der Waals surface area (Å²) in [7, 11) is 1.58. The van der Waals surface area contributed by atoms with Crippen molar-refractivity contribution in [2.45, 2.75) is 19.8 Å². The van der Waals surface area contributed by atoms with Gasteiger partial charge in [0.2, 0.25) is 0 Å². The molecule has 0 aromatic carbocycles. The van der Waals surface area contributed by atoms with Gasteiger partial charge < -0.3 is 15.0 Å². The van der Waals surface area contributed by atoms with Crippen LogP contribution in [0.2, 0.25) is 0 Å². The molecule has 0 radical (unpaired) electrons. The Morgan fingerprint density at radius 1 is 1.52 bits per heavy atom. The molecule has 0 bridgehead atoms. The van der Waals surface area contributed by atoms with E-state index in [9.17, 15) is 9.59 Å². The number of anilines is 1. The van der Waals surface area contributed by atoms with Gasteiger partial charge in [-0.3, -0.25) is 14.6 Å². The van der Waals surface area contributed by atoms with E-state index in [0.29, 0.717) is 18.8 Å². The standard InChI is InChI=1S/C15H21N3O3/c1-3-21-15(20)11-5-4-8-18(10-11)12-6-7-17-13(9-12)14(19)16-2/h6-7,9,11H,3-5,8,10H2,1-2H3,(H,16,19). The summed E-state index contributed by atoms with van der Waals surface area (Å²) in [4.78, 5) is 29.7. The maximum atomic E-state index is 11.9. The van der Waals surface area contributed by atoms with Crippen molar-refractivity contribution in [3.05, 3.63) is 24.0 Å². The first-order valence-electron chi connectivity index (χ1n) is 7.25. The normalized spacial score (nSPS) is 18.2. The second-order valence-electron chi connectivity index (χ2n) is 5.02. The summed E-state index contributed by atoms with van der Waals surface area (Å²) in [6, 6.07) is 3.62. The number of carbonyl (C=O) groups excluding carboxylic acids is 2. The first kappa shape index (κ1) is 15.3. The van der Waals surface area contributed by atoms with E-state index in [0.717, 1.165) is 25.1 Å². The van der Waals surface area contributed by atoms with Crippen molar-refractivity contribution in [2.75, 3.05) is 31.6 Å². The lowest BCUT2D eigenvalue weighted by Crippen LogP contribution is -2.39. The van der Waals surface area contributed by atoms with E-state index in [1.807, 2.05) is 13.0 Å². The van der Waals surface area contributed by atoms with Crippen molar-refractivity contribution in [2.24, 2.45) is 5.92 Å². The average molecular weight is 291 g/mol. The summed E-state index contributed by atoms with van der Waals surface area (Å²) < 4.78 is 5.10. The predicted octanol–water partition coefficient (Wildman–Crippen LogP) is 1.22. The fourth-order valence-corrected chi connectivity index (χ4v) is 2.53. The van der Waals surface area contributed by atoms with Gasteiger partial charge in [-0.05, 0) is 31.9 Å². The quantitative estimate of drug-likeness (QED) is 0.845. The Labute approximate surface area is 124 Å². The highest BCUT2D eigenvalue weighted by molar-refractivity contribution is 5.92. The number of amides is 1. The maximum Gasteiger partial charge on any atom is 0.310 e. The second-order valence-corrected chi connectivity index (χ2v) is 5.02. The molecule has 1 aromatic heterocycles. The highest BCUT2D eigenvalue weighted by Gasteiger charge is 2.27. The Balaban J connectivity index is 2.10. The maximum absolute atomic E-state index is 11.9. The summed E-state index contributed by atoms with van der Waals surface area (Å²) in [5.74, 6) is -0.450. The number of pyridine rings is 1. The van der Waals surface area contributed by atoms with Crippen LogP contribution in [0.1, 0.15) is 30.3 Å². The number of hydrogen-bond donors (Lipinski definition) is 1. The Bertz CT molecular complexity index is 519. The van der Waals surface area contributed by atoms with E-state index >= 15 is 0 Å². The zero-order chi connectivity index (χ0) is 15.2. The van der Waals surface area contributed by atoms with Crippen LogP contribution in [-0.2, 0) is 9.53 Å². The van der Waals surface area contributed by atoms with Crippen LogP contribution in [0.25, 0.3) is 0 Å². The van der Waals surface area contributed by atoms with Crippen LogP contribution in [0, 0.1) is 5.92 Å². The lowest BCUT2D eigenvalue weighted by Gasteiger charge is -2.33. The third kappa shape index (κ3) is 3.71. The molecule has 1 aromatic rings. The van der Waals surface area contributed by atoms with Crippen LogP contribution in [0.5, 0.6) is 0 Å². The average Bonchev–Trinajstić information content (AvgIpc) is 2.54. The molecule has 2 rings (SSSR count). The Morgan fingerprint density at radius 2 is 2.33 bits per heavy atom. The molecular weight excluding hydrogens is 270 g/mol. The largest absolute Gasteiger partial charge is 0.466 e. The third-order valence-electron chi connectivity index (χ3n) is 3.61. The highest BCUT2D eigenvalue weighted by Crippen LogP contribution is 2.24. The lowest BCUT2D eigenvalue weighted by atomic mass is 9.97. The fourth-order valence-electron chi connectivity index (χ4n) is 2.53. The molecule has 114 valence electrons. The van der Waals surface area contributed by atoms with Gasteiger partial charge in [0.05, 0.1) is 12.5 Å². The number of esters is 1. The van der Waals surface area contributed by atoms with Gasteiger partial charge in [0.15, 0.2) is 0 Å². The molecule has 1 aliphatic heterocycles. The lowest BCUT2D eigenvalue weighted by molar-refractivity contribution is -0.148. The molecule has 1 unspecified atom stereocenters. The van der Waals surface area contributed by atoms with E-state index < -0.39 is 0 Å². The molecule has 6 nitrogen and oxygen atoms in total. The van der Waals surface area contributed by atoms with Crippen LogP contribution in [0.4, 0.5) is 5.69 Å². The topological polar surface area (TPSA) is 71.5 Å². The number of piperidine rings is 1. The van der Waals surface area contributed by atoms with Crippen LogP contribution < -0.4 is 10.2 Å².